The summed E-state index contributed by atoms with van der Waals surface area (Å²) in [5, 5.41) is 3.55. The third-order valence-corrected chi connectivity index (χ3v) is 2.88. The Kier molecular flexibility index (Phi) is 2.23. The Hall–Kier alpha value is -1.03. The number of nitrogens with one attached hydrogen (secondary N) is 1. The van der Waals surface area contributed by atoms with E-state index in [0.717, 1.165) is 15.4 Å². The molecule has 1 aromatic carbocycles. The molecule has 0 aliphatic carbocycles. The van der Waals surface area contributed by atoms with Crippen molar-refractivity contribution in [3.05, 3.63) is 33.0 Å². The molecular formula is C10H11BrN2O. The average Bonchev–Trinajstić information content (AvgIpc) is 2.45. The number of hydrogen-bond donors (Lipinski definition) is 1. The summed E-state index contributed by atoms with van der Waals surface area (Å²) in [7, 11) is 0. The SMILES string of the molecule is CC(C)n1[nH]c(=O)c2c(Br)cccc21. The lowest BCUT2D eigenvalue weighted by atomic mass is 10.2. The Balaban J connectivity index is 2.91. The number of nitrogens with zero attached hydrogens (tertiary/aromatic N) is 1. The zero-order chi connectivity index (χ0) is 10.3. The molecule has 0 unspecified atom stereocenters. The molecular weight excluding hydrogens is 244 g/mol. The van der Waals surface area contributed by atoms with Crippen LogP contribution in [-0.4, -0.2) is 9.78 Å². The number of rotatable bonds is 1. The number of hydrogen-bond acceptors (Lipinski definition) is 1. The fourth-order valence-corrected chi connectivity index (χ4v) is 2.11. The highest BCUT2D eigenvalue weighted by Crippen LogP contribution is 2.21. The van der Waals surface area contributed by atoms with Crippen molar-refractivity contribution in [1.82, 2.24) is 9.78 Å². The highest BCUT2D eigenvalue weighted by molar-refractivity contribution is 9.10. The predicted molar refractivity (Wildman–Crippen MR) is 60.6 cm³/mol. The lowest BCUT2D eigenvalue weighted by molar-refractivity contribution is 0.546. The van der Waals surface area contributed by atoms with Crippen LogP contribution in [0.4, 0.5) is 0 Å². The highest BCUT2D eigenvalue weighted by atomic mass is 79.9. The molecule has 1 N–H and O–H groups in total. The molecule has 0 radical (unpaired) electrons. The largest absolute Gasteiger partial charge is 0.282 e. The van der Waals surface area contributed by atoms with Gasteiger partial charge in [-0.2, -0.15) is 0 Å². The van der Waals surface area contributed by atoms with E-state index in [0.29, 0.717) is 0 Å². The van der Waals surface area contributed by atoms with E-state index in [4.69, 9.17) is 0 Å². The van der Waals surface area contributed by atoms with Crippen LogP contribution in [0.5, 0.6) is 0 Å². The Morgan fingerprint density at radius 1 is 1.43 bits per heavy atom. The zero-order valence-electron chi connectivity index (χ0n) is 8.04. The van der Waals surface area contributed by atoms with Gasteiger partial charge in [-0.05, 0) is 41.9 Å². The van der Waals surface area contributed by atoms with Gasteiger partial charge in [-0.25, -0.2) is 0 Å². The van der Waals surface area contributed by atoms with Gasteiger partial charge in [0.25, 0.3) is 5.56 Å². The minimum atomic E-state index is -0.0406. The average molecular weight is 255 g/mol. The van der Waals surface area contributed by atoms with Crippen molar-refractivity contribution >= 4 is 26.8 Å². The van der Waals surface area contributed by atoms with Gasteiger partial charge in [0.1, 0.15) is 0 Å². The van der Waals surface area contributed by atoms with Crippen LogP contribution in [-0.2, 0) is 0 Å². The molecule has 74 valence electrons. The van der Waals surface area contributed by atoms with Crippen LogP contribution in [0.3, 0.4) is 0 Å². The van der Waals surface area contributed by atoms with E-state index in [1.807, 2.05) is 36.7 Å². The third-order valence-electron chi connectivity index (χ3n) is 2.22. The van der Waals surface area contributed by atoms with Crippen LogP contribution >= 0.6 is 15.9 Å². The molecule has 2 aromatic rings. The quantitative estimate of drug-likeness (QED) is 0.835. The van der Waals surface area contributed by atoms with Crippen molar-refractivity contribution in [1.29, 1.82) is 0 Å². The van der Waals surface area contributed by atoms with Crippen molar-refractivity contribution in [2.24, 2.45) is 0 Å². The van der Waals surface area contributed by atoms with Gasteiger partial charge >= 0.3 is 0 Å². The Morgan fingerprint density at radius 2 is 2.14 bits per heavy atom. The van der Waals surface area contributed by atoms with Crippen molar-refractivity contribution in [2.45, 2.75) is 19.9 Å². The van der Waals surface area contributed by atoms with Crippen molar-refractivity contribution in [2.75, 3.05) is 0 Å². The molecule has 4 heteroatoms. The van der Waals surface area contributed by atoms with Gasteiger partial charge in [-0.15, -0.1) is 0 Å². The van der Waals surface area contributed by atoms with Crippen molar-refractivity contribution in [3.8, 4) is 0 Å². The number of aromatic amines is 1. The van der Waals surface area contributed by atoms with Crippen LogP contribution in [0.15, 0.2) is 27.5 Å². The van der Waals surface area contributed by atoms with Gasteiger partial charge in [0.15, 0.2) is 0 Å². The first-order valence-corrected chi connectivity index (χ1v) is 5.29. The maximum atomic E-state index is 11.6. The summed E-state index contributed by atoms with van der Waals surface area (Å²) in [4.78, 5) is 11.6. The van der Waals surface area contributed by atoms with Crippen molar-refractivity contribution in [3.63, 3.8) is 0 Å². The number of H-pyrrole nitrogens is 1. The van der Waals surface area contributed by atoms with Gasteiger partial charge in [0, 0.05) is 10.5 Å². The second-order valence-corrected chi connectivity index (χ2v) is 4.39. The van der Waals surface area contributed by atoms with Gasteiger partial charge in [-0.1, -0.05) is 6.07 Å². The summed E-state index contributed by atoms with van der Waals surface area (Å²) in [5.41, 5.74) is 0.903. The minimum Gasteiger partial charge on any atom is -0.282 e. The van der Waals surface area contributed by atoms with E-state index in [9.17, 15) is 4.79 Å². The summed E-state index contributed by atoms with van der Waals surface area (Å²) in [6.07, 6.45) is 0. The molecule has 1 aromatic heterocycles. The van der Waals surface area contributed by atoms with Crippen molar-refractivity contribution < 1.29 is 0 Å². The summed E-state index contributed by atoms with van der Waals surface area (Å²) < 4.78 is 2.72. The van der Waals surface area contributed by atoms with E-state index in [2.05, 4.69) is 21.0 Å². The first kappa shape index (κ1) is 9.52. The van der Waals surface area contributed by atoms with Crippen LogP contribution in [0, 0.1) is 0 Å². The van der Waals surface area contributed by atoms with E-state index >= 15 is 0 Å². The van der Waals surface area contributed by atoms with E-state index in [1.54, 1.807) is 0 Å². The Morgan fingerprint density at radius 3 is 2.79 bits per heavy atom. The van der Waals surface area contributed by atoms with E-state index in [-0.39, 0.29) is 11.6 Å². The Labute approximate surface area is 89.8 Å². The fraction of sp³-hybridized carbons (Fsp3) is 0.300. The zero-order valence-corrected chi connectivity index (χ0v) is 9.63. The lowest BCUT2D eigenvalue weighted by Gasteiger charge is -2.07. The molecule has 1 heterocycles. The first-order chi connectivity index (χ1) is 6.61. The molecule has 0 aliphatic heterocycles. The van der Waals surface area contributed by atoms with E-state index < -0.39 is 0 Å². The van der Waals surface area contributed by atoms with Crippen LogP contribution in [0.1, 0.15) is 19.9 Å². The smallest absolute Gasteiger partial charge is 0.273 e. The molecule has 0 bridgehead atoms. The number of fused-ring (bicyclic) bond motifs is 1. The van der Waals surface area contributed by atoms with Gasteiger partial charge in [0.05, 0.1) is 10.9 Å². The predicted octanol–water partition coefficient (Wildman–Crippen LogP) is 2.67. The highest BCUT2D eigenvalue weighted by Gasteiger charge is 2.10. The molecule has 0 spiro atoms. The second-order valence-electron chi connectivity index (χ2n) is 3.54. The molecule has 14 heavy (non-hydrogen) atoms. The molecule has 0 atom stereocenters. The maximum absolute atomic E-state index is 11.6. The molecule has 0 fully saturated rings. The molecule has 0 saturated carbocycles. The Bertz CT molecular complexity index is 524. The minimum absolute atomic E-state index is 0.0406. The molecule has 0 amide bonds. The van der Waals surface area contributed by atoms with Crippen LogP contribution in [0.25, 0.3) is 10.9 Å². The molecule has 0 aliphatic rings. The monoisotopic (exact) mass is 254 g/mol. The van der Waals surface area contributed by atoms with Crippen LogP contribution < -0.4 is 5.56 Å². The maximum Gasteiger partial charge on any atom is 0.273 e. The fourth-order valence-electron chi connectivity index (χ4n) is 1.57. The summed E-state index contributed by atoms with van der Waals surface area (Å²) in [6.45, 7) is 4.08. The standard InChI is InChI=1S/C10H11BrN2O/c1-6(2)13-8-5-3-4-7(11)9(8)10(14)12-13/h3-6H,1-2H3,(H,12,14). The number of benzene rings is 1. The summed E-state index contributed by atoms with van der Waals surface area (Å²) in [6, 6.07) is 6.01. The lowest BCUT2D eigenvalue weighted by Crippen LogP contribution is -2.07. The summed E-state index contributed by atoms with van der Waals surface area (Å²) in [5.74, 6) is 0. The third kappa shape index (κ3) is 1.30. The van der Waals surface area contributed by atoms with Gasteiger partial charge < -0.3 is 0 Å². The van der Waals surface area contributed by atoms with Crippen LogP contribution in [0.2, 0.25) is 0 Å². The summed E-state index contributed by atoms with van der Waals surface area (Å²) >= 11 is 3.38. The first-order valence-electron chi connectivity index (χ1n) is 4.50. The number of halogens is 1. The molecule has 3 nitrogen and oxygen atoms in total. The molecule has 0 saturated heterocycles. The topological polar surface area (TPSA) is 37.8 Å². The normalized spacial score (nSPS) is 11.4. The van der Waals surface area contributed by atoms with Gasteiger partial charge in [0.2, 0.25) is 0 Å². The number of aromatic nitrogens is 2. The van der Waals surface area contributed by atoms with E-state index in [1.165, 1.54) is 0 Å². The molecule has 2 rings (SSSR count). The second kappa shape index (κ2) is 3.28. The van der Waals surface area contributed by atoms with Gasteiger partial charge in [-0.3, -0.25) is 14.6 Å².